The third-order valence-electron chi connectivity index (χ3n) is 3.45. The highest BCUT2D eigenvalue weighted by Gasteiger charge is 2.39. The van der Waals surface area contributed by atoms with E-state index in [4.69, 9.17) is 5.11 Å². The number of carboxylic acids is 1. The average Bonchev–Trinajstić information content (AvgIpc) is 2.74. The number of thiophene rings is 1. The Kier molecular flexibility index (Phi) is 2.66. The molecule has 6 heteroatoms. The van der Waals surface area contributed by atoms with Gasteiger partial charge in [-0.3, -0.25) is 4.79 Å². The molecule has 2 N–H and O–H groups in total. The van der Waals surface area contributed by atoms with Gasteiger partial charge < -0.3 is 10.4 Å². The normalized spacial score (nSPS) is 17.3. The molecule has 2 heterocycles. The number of carbonyl (C=O) groups is 1. The first-order chi connectivity index (χ1) is 8.69. The minimum absolute atomic E-state index is 0.142. The summed E-state index contributed by atoms with van der Waals surface area (Å²) < 4.78 is 0. The molecular formula is C12H13N3O2S. The zero-order valence-electron chi connectivity index (χ0n) is 9.72. The number of anilines is 1. The van der Waals surface area contributed by atoms with E-state index in [9.17, 15) is 4.79 Å². The van der Waals surface area contributed by atoms with Crippen molar-refractivity contribution >= 4 is 33.3 Å². The summed E-state index contributed by atoms with van der Waals surface area (Å²) in [7, 11) is 0. The topological polar surface area (TPSA) is 75.1 Å². The summed E-state index contributed by atoms with van der Waals surface area (Å²) in [6, 6.07) is 1.97. The molecule has 0 amide bonds. The zero-order chi connectivity index (χ0) is 12.6. The van der Waals surface area contributed by atoms with Gasteiger partial charge in [-0.1, -0.05) is 0 Å². The lowest BCUT2D eigenvalue weighted by Crippen LogP contribution is -2.47. The predicted molar refractivity (Wildman–Crippen MR) is 69.9 cm³/mol. The summed E-state index contributed by atoms with van der Waals surface area (Å²) >= 11 is 1.56. The minimum atomic E-state index is -0.766. The maximum Gasteiger partial charge on any atom is 0.305 e. The third-order valence-corrected chi connectivity index (χ3v) is 4.27. The van der Waals surface area contributed by atoms with Crippen molar-refractivity contribution in [2.45, 2.75) is 31.2 Å². The van der Waals surface area contributed by atoms with Crippen LogP contribution in [0.3, 0.4) is 0 Å². The number of fused-ring (bicyclic) bond motifs is 1. The van der Waals surface area contributed by atoms with Gasteiger partial charge >= 0.3 is 5.97 Å². The Morgan fingerprint density at radius 3 is 3.00 bits per heavy atom. The molecule has 1 aliphatic rings. The van der Waals surface area contributed by atoms with E-state index in [1.54, 1.807) is 11.3 Å². The Morgan fingerprint density at radius 2 is 2.33 bits per heavy atom. The van der Waals surface area contributed by atoms with Crippen molar-refractivity contribution in [1.82, 2.24) is 9.97 Å². The second-order valence-electron chi connectivity index (χ2n) is 4.69. The third kappa shape index (κ3) is 1.92. The number of aromatic nitrogens is 2. The summed E-state index contributed by atoms with van der Waals surface area (Å²) in [6.45, 7) is 0. The number of nitrogens with one attached hydrogen (secondary N) is 1. The van der Waals surface area contributed by atoms with Crippen LogP contribution in [0.5, 0.6) is 0 Å². The van der Waals surface area contributed by atoms with E-state index in [2.05, 4.69) is 15.3 Å². The first kappa shape index (κ1) is 11.4. The standard InChI is InChI=1S/C12H13N3O2S/c16-9(17)6-12(3-1-4-12)15-10-8-2-5-18-11(8)14-7-13-10/h2,5,7H,1,3-4,6H2,(H,16,17)(H,13,14,15). The van der Waals surface area contributed by atoms with Gasteiger partial charge in [-0.2, -0.15) is 0 Å². The van der Waals surface area contributed by atoms with E-state index >= 15 is 0 Å². The largest absolute Gasteiger partial charge is 0.481 e. The number of hydrogen-bond donors (Lipinski definition) is 2. The number of aliphatic carboxylic acids is 1. The Hall–Kier alpha value is -1.69. The Balaban J connectivity index is 1.91. The molecule has 5 nitrogen and oxygen atoms in total. The Labute approximate surface area is 108 Å². The first-order valence-corrected chi connectivity index (χ1v) is 6.75. The molecule has 0 atom stereocenters. The van der Waals surface area contributed by atoms with Crippen LogP contribution < -0.4 is 5.32 Å². The Morgan fingerprint density at radius 1 is 1.50 bits per heavy atom. The average molecular weight is 263 g/mol. The number of rotatable bonds is 4. The van der Waals surface area contributed by atoms with Crippen LogP contribution in [0, 0.1) is 0 Å². The van der Waals surface area contributed by atoms with Crippen LogP contribution in [0.1, 0.15) is 25.7 Å². The van der Waals surface area contributed by atoms with Crippen molar-refractivity contribution < 1.29 is 9.90 Å². The van der Waals surface area contributed by atoms with E-state index in [0.717, 1.165) is 35.3 Å². The fourth-order valence-corrected chi connectivity index (χ4v) is 3.11. The molecule has 0 unspecified atom stereocenters. The fraction of sp³-hybridized carbons (Fsp3) is 0.417. The highest BCUT2D eigenvalue weighted by Crippen LogP contribution is 2.39. The number of carboxylic acid groups (broad SMARTS) is 1. The molecule has 1 fully saturated rings. The van der Waals surface area contributed by atoms with Crippen molar-refractivity contribution in [3.63, 3.8) is 0 Å². The van der Waals surface area contributed by atoms with Gasteiger partial charge in [0, 0.05) is 5.54 Å². The smallest absolute Gasteiger partial charge is 0.305 e. The highest BCUT2D eigenvalue weighted by molar-refractivity contribution is 7.16. The van der Waals surface area contributed by atoms with Crippen molar-refractivity contribution in [3.8, 4) is 0 Å². The van der Waals surface area contributed by atoms with Crippen molar-refractivity contribution in [1.29, 1.82) is 0 Å². The van der Waals surface area contributed by atoms with E-state index in [1.165, 1.54) is 6.33 Å². The molecule has 0 aliphatic heterocycles. The van der Waals surface area contributed by atoms with Gasteiger partial charge in [0.15, 0.2) is 0 Å². The molecule has 0 aromatic carbocycles. The van der Waals surface area contributed by atoms with Gasteiger partial charge in [0.25, 0.3) is 0 Å². The molecule has 94 valence electrons. The summed E-state index contributed by atoms with van der Waals surface area (Å²) in [5, 5.41) is 15.3. The maximum absolute atomic E-state index is 10.9. The van der Waals surface area contributed by atoms with Crippen LogP contribution in [0.4, 0.5) is 5.82 Å². The lowest BCUT2D eigenvalue weighted by Gasteiger charge is -2.42. The molecule has 3 rings (SSSR count). The van der Waals surface area contributed by atoms with E-state index in [-0.39, 0.29) is 12.0 Å². The SMILES string of the molecule is O=C(O)CC1(Nc2ncnc3sccc23)CCC1. The Bertz CT molecular complexity index is 592. The van der Waals surface area contributed by atoms with Gasteiger partial charge in [-0.15, -0.1) is 11.3 Å². The lowest BCUT2D eigenvalue weighted by molar-refractivity contribution is -0.138. The van der Waals surface area contributed by atoms with Crippen LogP contribution in [0.25, 0.3) is 10.2 Å². The molecule has 1 aliphatic carbocycles. The molecule has 18 heavy (non-hydrogen) atoms. The molecule has 2 aromatic rings. The van der Waals surface area contributed by atoms with Gasteiger partial charge in [-0.05, 0) is 30.7 Å². The van der Waals surface area contributed by atoms with Crippen LogP contribution in [0.2, 0.25) is 0 Å². The maximum atomic E-state index is 10.9. The summed E-state index contributed by atoms with van der Waals surface area (Å²) in [5.41, 5.74) is -0.324. The summed E-state index contributed by atoms with van der Waals surface area (Å²) in [5.74, 6) is -0.0139. The highest BCUT2D eigenvalue weighted by atomic mass is 32.1. The van der Waals surface area contributed by atoms with Crippen LogP contribution in [-0.2, 0) is 4.79 Å². The molecule has 0 bridgehead atoms. The van der Waals surface area contributed by atoms with Gasteiger partial charge in [0.1, 0.15) is 17.0 Å². The van der Waals surface area contributed by atoms with E-state index in [1.807, 2.05) is 11.4 Å². The summed E-state index contributed by atoms with van der Waals surface area (Å²) in [4.78, 5) is 20.3. The second-order valence-corrected chi connectivity index (χ2v) is 5.59. The molecule has 1 saturated carbocycles. The van der Waals surface area contributed by atoms with E-state index in [0.29, 0.717) is 0 Å². The van der Waals surface area contributed by atoms with Crippen LogP contribution in [-0.4, -0.2) is 26.6 Å². The molecule has 2 aromatic heterocycles. The van der Waals surface area contributed by atoms with Crippen LogP contribution >= 0.6 is 11.3 Å². The number of nitrogens with zero attached hydrogens (tertiary/aromatic N) is 2. The molecule has 0 saturated heterocycles. The monoisotopic (exact) mass is 263 g/mol. The minimum Gasteiger partial charge on any atom is -0.481 e. The fourth-order valence-electron chi connectivity index (χ4n) is 2.38. The van der Waals surface area contributed by atoms with Crippen molar-refractivity contribution in [2.75, 3.05) is 5.32 Å². The zero-order valence-corrected chi connectivity index (χ0v) is 10.5. The first-order valence-electron chi connectivity index (χ1n) is 5.87. The molecule has 0 spiro atoms. The lowest BCUT2D eigenvalue weighted by atomic mass is 9.74. The predicted octanol–water partition coefficient (Wildman–Crippen LogP) is 2.50. The second kappa shape index (κ2) is 4.20. The van der Waals surface area contributed by atoms with Gasteiger partial charge in [0.2, 0.25) is 0 Å². The van der Waals surface area contributed by atoms with Gasteiger partial charge in [0.05, 0.1) is 11.8 Å². The summed E-state index contributed by atoms with van der Waals surface area (Å²) in [6.07, 6.45) is 4.50. The molecule has 0 radical (unpaired) electrons. The number of hydrogen-bond acceptors (Lipinski definition) is 5. The van der Waals surface area contributed by atoms with Crippen molar-refractivity contribution in [2.24, 2.45) is 0 Å². The quantitative estimate of drug-likeness (QED) is 0.886. The van der Waals surface area contributed by atoms with E-state index < -0.39 is 5.97 Å². The van der Waals surface area contributed by atoms with Gasteiger partial charge in [-0.25, -0.2) is 9.97 Å². The van der Waals surface area contributed by atoms with Crippen LogP contribution in [0.15, 0.2) is 17.8 Å². The molecular weight excluding hydrogens is 250 g/mol. The van der Waals surface area contributed by atoms with Crippen molar-refractivity contribution in [3.05, 3.63) is 17.8 Å².